The van der Waals surface area contributed by atoms with Crippen molar-refractivity contribution in [2.45, 2.75) is 6.42 Å². The SMILES string of the molecule is C=C.C=C(Cc1c(-c2ccc(F)cc2F)cc(Cl)nc1Cl)C(=O)C(=O)O. The van der Waals surface area contributed by atoms with Gasteiger partial charge in [-0.15, -0.1) is 13.2 Å². The minimum Gasteiger partial charge on any atom is -0.475 e. The number of hydrogen-bond acceptors (Lipinski definition) is 3. The number of hydrogen-bond donors (Lipinski definition) is 1. The van der Waals surface area contributed by atoms with E-state index in [4.69, 9.17) is 28.3 Å². The summed E-state index contributed by atoms with van der Waals surface area (Å²) in [5.41, 5.74) is 0.0356. The van der Waals surface area contributed by atoms with Crippen molar-refractivity contribution in [3.05, 3.63) is 77.1 Å². The highest BCUT2D eigenvalue weighted by molar-refractivity contribution is 6.39. The van der Waals surface area contributed by atoms with E-state index in [2.05, 4.69) is 24.7 Å². The Balaban J connectivity index is 0.00000163. The number of benzene rings is 1. The molecule has 8 heteroatoms. The molecular weight excluding hydrogens is 387 g/mol. The van der Waals surface area contributed by atoms with Gasteiger partial charge >= 0.3 is 5.97 Å². The summed E-state index contributed by atoms with van der Waals surface area (Å²) in [4.78, 5) is 26.0. The van der Waals surface area contributed by atoms with Crippen LogP contribution in [-0.4, -0.2) is 21.8 Å². The van der Waals surface area contributed by atoms with Crippen molar-refractivity contribution in [1.29, 1.82) is 0 Å². The molecule has 1 heterocycles. The Labute approximate surface area is 158 Å². The average molecular weight is 400 g/mol. The van der Waals surface area contributed by atoms with E-state index in [1.807, 2.05) is 0 Å². The Bertz CT molecular complexity index is 885. The van der Waals surface area contributed by atoms with E-state index < -0.39 is 23.4 Å². The van der Waals surface area contributed by atoms with E-state index in [-0.39, 0.29) is 39.0 Å². The van der Waals surface area contributed by atoms with Gasteiger partial charge in [0.2, 0.25) is 0 Å². The van der Waals surface area contributed by atoms with Crippen LogP contribution in [0.3, 0.4) is 0 Å². The molecule has 0 radical (unpaired) electrons. The highest BCUT2D eigenvalue weighted by Gasteiger charge is 2.21. The van der Waals surface area contributed by atoms with Crippen LogP contribution in [0.2, 0.25) is 10.3 Å². The molecule has 0 aliphatic rings. The third kappa shape index (κ3) is 4.97. The van der Waals surface area contributed by atoms with Crippen molar-refractivity contribution in [3.8, 4) is 11.1 Å². The number of nitrogens with zero attached hydrogens (tertiary/aromatic N) is 1. The van der Waals surface area contributed by atoms with Gasteiger partial charge in [0.25, 0.3) is 5.78 Å². The number of carboxylic acids is 1. The van der Waals surface area contributed by atoms with Gasteiger partial charge in [0.15, 0.2) is 0 Å². The Kier molecular flexibility index (Phi) is 7.61. The fourth-order valence-electron chi connectivity index (χ4n) is 2.07. The van der Waals surface area contributed by atoms with Crippen molar-refractivity contribution in [2.24, 2.45) is 0 Å². The summed E-state index contributed by atoms with van der Waals surface area (Å²) in [5, 5.41) is 8.54. The van der Waals surface area contributed by atoms with Crippen molar-refractivity contribution in [1.82, 2.24) is 4.98 Å². The molecule has 136 valence electrons. The molecule has 0 atom stereocenters. The minimum atomic E-state index is -1.67. The molecule has 0 saturated heterocycles. The van der Waals surface area contributed by atoms with Gasteiger partial charge in [0.05, 0.1) is 0 Å². The largest absolute Gasteiger partial charge is 0.475 e. The number of carboxylic acid groups (broad SMARTS) is 1. The van der Waals surface area contributed by atoms with E-state index in [0.29, 0.717) is 6.07 Å². The van der Waals surface area contributed by atoms with Gasteiger partial charge in [0, 0.05) is 29.2 Å². The van der Waals surface area contributed by atoms with Gasteiger partial charge in [0.1, 0.15) is 21.9 Å². The molecule has 4 nitrogen and oxygen atoms in total. The number of carbonyl (C=O) groups excluding carboxylic acids is 1. The predicted molar refractivity (Wildman–Crippen MR) is 96.3 cm³/mol. The average Bonchev–Trinajstić information content (AvgIpc) is 2.58. The lowest BCUT2D eigenvalue weighted by Crippen LogP contribution is -2.16. The molecule has 0 aliphatic carbocycles. The van der Waals surface area contributed by atoms with Crippen LogP contribution >= 0.6 is 23.2 Å². The Morgan fingerprint density at radius 2 is 1.73 bits per heavy atom. The highest BCUT2D eigenvalue weighted by Crippen LogP contribution is 2.34. The molecule has 0 amide bonds. The summed E-state index contributed by atoms with van der Waals surface area (Å²) in [6.07, 6.45) is -0.277. The Morgan fingerprint density at radius 1 is 1.12 bits per heavy atom. The van der Waals surface area contributed by atoms with E-state index in [0.717, 1.165) is 6.07 Å². The molecule has 0 saturated carbocycles. The summed E-state index contributed by atoms with van der Waals surface area (Å²) >= 11 is 11.8. The second kappa shape index (κ2) is 9.22. The molecule has 0 fully saturated rings. The van der Waals surface area contributed by atoms with Crippen molar-refractivity contribution in [2.75, 3.05) is 0 Å². The van der Waals surface area contributed by atoms with E-state index in [1.54, 1.807) is 0 Å². The van der Waals surface area contributed by atoms with E-state index in [1.165, 1.54) is 12.1 Å². The van der Waals surface area contributed by atoms with Crippen molar-refractivity contribution < 1.29 is 23.5 Å². The second-order valence-electron chi connectivity index (χ2n) is 4.80. The summed E-state index contributed by atoms with van der Waals surface area (Å²) < 4.78 is 27.2. The third-order valence-electron chi connectivity index (χ3n) is 3.17. The molecule has 0 bridgehead atoms. The molecule has 26 heavy (non-hydrogen) atoms. The van der Waals surface area contributed by atoms with Crippen LogP contribution in [-0.2, 0) is 16.0 Å². The normalized spacial score (nSPS) is 9.85. The molecule has 2 aromatic rings. The molecule has 0 spiro atoms. The van der Waals surface area contributed by atoms with Gasteiger partial charge in [-0.2, -0.15) is 0 Å². The first kappa shape index (κ1) is 21.5. The highest BCUT2D eigenvalue weighted by atomic mass is 35.5. The van der Waals surface area contributed by atoms with Crippen LogP contribution in [0.25, 0.3) is 11.1 Å². The zero-order chi connectivity index (χ0) is 20.0. The first-order chi connectivity index (χ1) is 12.2. The summed E-state index contributed by atoms with van der Waals surface area (Å²) in [5.74, 6) is -4.52. The molecule has 2 rings (SSSR count). The number of aromatic nitrogens is 1. The lowest BCUT2D eigenvalue weighted by Gasteiger charge is -2.13. The smallest absolute Gasteiger partial charge is 0.376 e. The zero-order valence-corrected chi connectivity index (χ0v) is 14.9. The Hall–Kier alpha value is -2.57. The second-order valence-corrected chi connectivity index (χ2v) is 5.55. The van der Waals surface area contributed by atoms with Crippen LogP contribution in [0.15, 0.2) is 49.6 Å². The van der Waals surface area contributed by atoms with Crippen molar-refractivity contribution >= 4 is 35.0 Å². The van der Waals surface area contributed by atoms with Crippen LogP contribution in [0.1, 0.15) is 5.56 Å². The number of aliphatic carboxylic acids is 1. The topological polar surface area (TPSA) is 67.3 Å². The molecule has 1 aromatic heterocycles. The lowest BCUT2D eigenvalue weighted by atomic mass is 9.95. The van der Waals surface area contributed by atoms with Gasteiger partial charge in [-0.25, -0.2) is 18.6 Å². The molecule has 0 aliphatic heterocycles. The molecule has 0 unspecified atom stereocenters. The monoisotopic (exact) mass is 399 g/mol. The number of Topliss-reactive ketones (excluding diaryl/α,β-unsaturated/α-hetero) is 1. The molecule has 1 aromatic carbocycles. The molecular formula is C18H13Cl2F2NO3. The number of pyridine rings is 1. The fourth-order valence-corrected chi connectivity index (χ4v) is 2.57. The van der Waals surface area contributed by atoms with Crippen molar-refractivity contribution in [3.63, 3.8) is 0 Å². The third-order valence-corrected chi connectivity index (χ3v) is 3.68. The first-order valence-corrected chi connectivity index (χ1v) is 7.72. The Morgan fingerprint density at radius 3 is 2.27 bits per heavy atom. The van der Waals surface area contributed by atoms with E-state index in [9.17, 15) is 18.4 Å². The van der Waals surface area contributed by atoms with E-state index >= 15 is 0 Å². The predicted octanol–water partition coefficient (Wildman–Crippen LogP) is 4.89. The number of carbonyl (C=O) groups is 2. The van der Waals surface area contributed by atoms with Crippen LogP contribution in [0.4, 0.5) is 8.78 Å². The maximum absolute atomic E-state index is 14.1. The summed E-state index contributed by atoms with van der Waals surface area (Å²) in [7, 11) is 0. The fraction of sp³-hybridized carbons (Fsp3) is 0.0556. The van der Waals surface area contributed by atoms with Gasteiger partial charge in [-0.1, -0.05) is 29.8 Å². The maximum Gasteiger partial charge on any atom is 0.376 e. The number of ketones is 1. The van der Waals surface area contributed by atoms with Gasteiger partial charge in [-0.3, -0.25) is 4.79 Å². The molecule has 1 N–H and O–H groups in total. The minimum absolute atomic E-state index is 0.0202. The van der Waals surface area contributed by atoms with Crippen LogP contribution < -0.4 is 0 Å². The van der Waals surface area contributed by atoms with Gasteiger partial charge < -0.3 is 5.11 Å². The van der Waals surface area contributed by atoms with Crippen LogP contribution in [0.5, 0.6) is 0 Å². The summed E-state index contributed by atoms with van der Waals surface area (Å²) in [6, 6.07) is 4.19. The van der Waals surface area contributed by atoms with Crippen LogP contribution in [0, 0.1) is 11.6 Å². The maximum atomic E-state index is 14.1. The number of halogens is 4. The summed E-state index contributed by atoms with van der Waals surface area (Å²) in [6.45, 7) is 9.40. The van der Waals surface area contributed by atoms with Gasteiger partial charge in [-0.05, 0) is 23.8 Å². The zero-order valence-electron chi connectivity index (χ0n) is 13.4. The number of rotatable bonds is 5. The quantitative estimate of drug-likeness (QED) is 0.336. The lowest BCUT2D eigenvalue weighted by molar-refractivity contribution is -0.147. The standard InChI is InChI=1S/C16H9Cl2F2NO3.C2H4/c1-7(14(22)16(23)24)4-11-10(6-13(17)21-15(11)18)9-3-2-8(19)5-12(9)20;1-2/h2-3,5-6H,1,4H2,(H,23,24);1-2H2. The first-order valence-electron chi connectivity index (χ1n) is 6.96.